The van der Waals surface area contributed by atoms with E-state index >= 15 is 0 Å². The highest BCUT2D eigenvalue weighted by Gasteiger charge is 2.14. The maximum absolute atomic E-state index is 11.0. The van der Waals surface area contributed by atoms with Gasteiger partial charge in [-0.15, -0.1) is 0 Å². The van der Waals surface area contributed by atoms with Crippen molar-refractivity contribution in [1.29, 1.82) is 0 Å². The Morgan fingerprint density at radius 1 is 1.50 bits per heavy atom. The molecular formula is C12H15NO. The van der Waals surface area contributed by atoms with Crippen LogP contribution < -0.4 is 5.32 Å². The van der Waals surface area contributed by atoms with Crippen LogP contribution in [0.25, 0.3) is 0 Å². The molecule has 74 valence electrons. The van der Waals surface area contributed by atoms with Crippen molar-refractivity contribution >= 4 is 6.29 Å². The van der Waals surface area contributed by atoms with Crippen molar-refractivity contribution in [1.82, 2.24) is 5.32 Å². The number of aryl methyl sites for hydroxylation is 1. The largest absolute Gasteiger partial charge is 0.312 e. The first-order valence-electron chi connectivity index (χ1n) is 5.16. The third kappa shape index (κ3) is 1.46. The molecule has 0 amide bonds. The van der Waals surface area contributed by atoms with Crippen LogP contribution in [0.5, 0.6) is 0 Å². The molecule has 2 rings (SSSR count). The minimum Gasteiger partial charge on any atom is -0.312 e. The van der Waals surface area contributed by atoms with Gasteiger partial charge in [-0.1, -0.05) is 19.1 Å². The summed E-state index contributed by atoms with van der Waals surface area (Å²) in [4.78, 5) is 11.0. The lowest BCUT2D eigenvalue weighted by Crippen LogP contribution is -2.25. The van der Waals surface area contributed by atoms with Crippen molar-refractivity contribution in [3.05, 3.63) is 34.4 Å². The number of benzene rings is 1. The minimum absolute atomic E-state index is 0.903. The van der Waals surface area contributed by atoms with E-state index in [1.165, 1.54) is 16.7 Å². The molecule has 14 heavy (non-hydrogen) atoms. The van der Waals surface area contributed by atoms with Gasteiger partial charge in [0.15, 0.2) is 6.29 Å². The topological polar surface area (TPSA) is 29.1 Å². The monoisotopic (exact) mass is 189 g/mol. The number of carbonyl (C=O) groups excluding carboxylic acids is 1. The van der Waals surface area contributed by atoms with Gasteiger partial charge in [0, 0.05) is 12.1 Å². The Labute approximate surface area is 84.3 Å². The van der Waals surface area contributed by atoms with Gasteiger partial charge in [-0.25, -0.2) is 0 Å². The molecule has 0 saturated heterocycles. The summed E-state index contributed by atoms with van der Waals surface area (Å²) in [6.45, 7) is 3.98. The first-order chi connectivity index (χ1) is 6.86. The molecule has 0 atom stereocenters. The third-order valence-corrected chi connectivity index (χ3v) is 2.91. The summed E-state index contributed by atoms with van der Waals surface area (Å²) in [5.74, 6) is 0. The zero-order chi connectivity index (χ0) is 9.97. The normalized spacial score (nSPS) is 14.9. The number of hydrogen-bond acceptors (Lipinski definition) is 2. The number of rotatable bonds is 2. The van der Waals surface area contributed by atoms with E-state index in [2.05, 4.69) is 24.4 Å². The Kier molecular flexibility index (Phi) is 2.64. The molecule has 0 unspecified atom stereocenters. The van der Waals surface area contributed by atoms with Crippen molar-refractivity contribution in [3.63, 3.8) is 0 Å². The summed E-state index contributed by atoms with van der Waals surface area (Å²) >= 11 is 0. The van der Waals surface area contributed by atoms with E-state index in [0.717, 1.165) is 37.8 Å². The van der Waals surface area contributed by atoms with Gasteiger partial charge in [0.05, 0.1) is 0 Å². The highest BCUT2D eigenvalue weighted by atomic mass is 16.1. The molecule has 0 saturated carbocycles. The Balaban J connectivity index is 2.55. The highest BCUT2D eigenvalue weighted by molar-refractivity contribution is 5.80. The molecule has 0 radical (unpaired) electrons. The van der Waals surface area contributed by atoms with Crippen LogP contribution in [-0.4, -0.2) is 12.8 Å². The number of carbonyl (C=O) groups is 1. The lowest BCUT2D eigenvalue weighted by atomic mass is 9.91. The standard InChI is InChI=1S/C12H15NO/c1-2-9-3-4-10-7-13-6-5-11(10)12(9)8-14/h3-4,8,13H,2,5-7H2,1H3. The van der Waals surface area contributed by atoms with E-state index in [0.29, 0.717) is 0 Å². The van der Waals surface area contributed by atoms with Crippen molar-refractivity contribution in [2.24, 2.45) is 0 Å². The molecule has 0 bridgehead atoms. The fourth-order valence-electron chi connectivity index (χ4n) is 2.11. The average molecular weight is 189 g/mol. The molecule has 2 heteroatoms. The fourth-order valence-corrected chi connectivity index (χ4v) is 2.11. The zero-order valence-corrected chi connectivity index (χ0v) is 8.47. The van der Waals surface area contributed by atoms with E-state index in [1.807, 2.05) is 0 Å². The summed E-state index contributed by atoms with van der Waals surface area (Å²) in [5.41, 5.74) is 4.67. The maximum Gasteiger partial charge on any atom is 0.150 e. The molecule has 1 aliphatic heterocycles. The van der Waals surface area contributed by atoms with E-state index in [9.17, 15) is 4.79 Å². The summed E-state index contributed by atoms with van der Waals surface area (Å²) in [7, 11) is 0. The molecule has 1 N–H and O–H groups in total. The second kappa shape index (κ2) is 3.93. The summed E-state index contributed by atoms with van der Waals surface area (Å²) in [5, 5.41) is 3.31. The second-order valence-corrected chi connectivity index (χ2v) is 3.67. The van der Waals surface area contributed by atoms with Crippen LogP contribution in [0.2, 0.25) is 0 Å². The molecule has 0 fully saturated rings. The molecule has 0 aliphatic carbocycles. The number of fused-ring (bicyclic) bond motifs is 1. The lowest BCUT2D eigenvalue weighted by molar-refractivity contribution is 0.112. The Bertz CT molecular complexity index is 358. The maximum atomic E-state index is 11.0. The Hall–Kier alpha value is -1.15. The first-order valence-corrected chi connectivity index (χ1v) is 5.16. The van der Waals surface area contributed by atoms with Crippen LogP contribution in [0.15, 0.2) is 12.1 Å². The predicted molar refractivity (Wildman–Crippen MR) is 56.6 cm³/mol. The van der Waals surface area contributed by atoms with Crippen molar-refractivity contribution in [3.8, 4) is 0 Å². The smallest absolute Gasteiger partial charge is 0.150 e. The van der Waals surface area contributed by atoms with Crippen LogP contribution in [0, 0.1) is 0 Å². The molecular weight excluding hydrogens is 174 g/mol. The quantitative estimate of drug-likeness (QED) is 0.717. The van der Waals surface area contributed by atoms with E-state index < -0.39 is 0 Å². The van der Waals surface area contributed by atoms with Gasteiger partial charge in [-0.2, -0.15) is 0 Å². The molecule has 1 heterocycles. The highest BCUT2D eigenvalue weighted by Crippen LogP contribution is 2.21. The zero-order valence-electron chi connectivity index (χ0n) is 8.47. The van der Waals surface area contributed by atoms with E-state index in [-0.39, 0.29) is 0 Å². The van der Waals surface area contributed by atoms with Gasteiger partial charge in [0.1, 0.15) is 0 Å². The van der Waals surface area contributed by atoms with Crippen molar-refractivity contribution in [2.45, 2.75) is 26.3 Å². The van der Waals surface area contributed by atoms with Crippen molar-refractivity contribution < 1.29 is 4.79 Å². The fraction of sp³-hybridized carbons (Fsp3) is 0.417. The van der Waals surface area contributed by atoms with Gasteiger partial charge in [-0.3, -0.25) is 4.79 Å². The Morgan fingerprint density at radius 3 is 3.07 bits per heavy atom. The van der Waals surface area contributed by atoms with Crippen LogP contribution in [-0.2, 0) is 19.4 Å². The summed E-state index contributed by atoms with van der Waals surface area (Å²) in [6.07, 6.45) is 2.94. The van der Waals surface area contributed by atoms with Crippen LogP contribution >= 0.6 is 0 Å². The molecule has 0 spiro atoms. The van der Waals surface area contributed by atoms with Gasteiger partial charge in [0.25, 0.3) is 0 Å². The molecule has 2 nitrogen and oxygen atoms in total. The van der Waals surface area contributed by atoms with Gasteiger partial charge < -0.3 is 5.32 Å². The SMILES string of the molecule is CCc1ccc2c(c1C=O)CCNC2. The number of hydrogen-bond donors (Lipinski definition) is 1. The van der Waals surface area contributed by atoms with Crippen LogP contribution in [0.3, 0.4) is 0 Å². The van der Waals surface area contributed by atoms with Crippen molar-refractivity contribution in [2.75, 3.05) is 6.54 Å². The Morgan fingerprint density at radius 2 is 2.36 bits per heavy atom. The summed E-state index contributed by atoms with van der Waals surface area (Å²) in [6, 6.07) is 4.23. The van der Waals surface area contributed by atoms with E-state index in [1.54, 1.807) is 0 Å². The van der Waals surface area contributed by atoms with Gasteiger partial charge >= 0.3 is 0 Å². The minimum atomic E-state index is 0.903. The molecule has 1 aromatic carbocycles. The van der Waals surface area contributed by atoms with Crippen LogP contribution in [0.1, 0.15) is 34.0 Å². The van der Waals surface area contributed by atoms with Gasteiger partial charge in [-0.05, 0) is 36.1 Å². The molecule has 1 aliphatic rings. The molecule has 0 aromatic heterocycles. The average Bonchev–Trinajstić information content (AvgIpc) is 2.27. The first kappa shape index (κ1) is 9.41. The number of aldehydes is 1. The number of nitrogens with one attached hydrogen (secondary N) is 1. The molecule has 1 aromatic rings. The van der Waals surface area contributed by atoms with Gasteiger partial charge in [0.2, 0.25) is 0 Å². The summed E-state index contributed by atoms with van der Waals surface area (Å²) < 4.78 is 0. The predicted octanol–water partition coefficient (Wildman–Crippen LogP) is 1.71. The third-order valence-electron chi connectivity index (χ3n) is 2.91. The van der Waals surface area contributed by atoms with E-state index in [4.69, 9.17) is 0 Å². The lowest BCUT2D eigenvalue weighted by Gasteiger charge is -2.20. The van der Waals surface area contributed by atoms with Crippen LogP contribution in [0.4, 0.5) is 0 Å². The second-order valence-electron chi connectivity index (χ2n) is 3.67.